The van der Waals surface area contributed by atoms with E-state index in [4.69, 9.17) is 0 Å². The summed E-state index contributed by atoms with van der Waals surface area (Å²) in [6.45, 7) is 10.5. The summed E-state index contributed by atoms with van der Waals surface area (Å²) in [7, 11) is 0. The molecule has 0 spiro atoms. The standard InChI is InChI=1S/C19H24O/c1-12-6-13(2)10-17(9-12)11-18(20)19-15(4)7-14(3)8-16(19)5/h6-10,18,20H,11H2,1-5H3. The molecule has 0 aliphatic carbocycles. The third-order valence-corrected chi connectivity index (χ3v) is 3.78. The van der Waals surface area contributed by atoms with Gasteiger partial charge in [0.2, 0.25) is 0 Å². The zero-order chi connectivity index (χ0) is 14.9. The van der Waals surface area contributed by atoms with Gasteiger partial charge in [0.15, 0.2) is 0 Å². The summed E-state index contributed by atoms with van der Waals surface area (Å²) in [4.78, 5) is 0. The van der Waals surface area contributed by atoms with E-state index < -0.39 is 6.10 Å². The van der Waals surface area contributed by atoms with Crippen LogP contribution in [0.1, 0.15) is 45.0 Å². The number of aryl methyl sites for hydroxylation is 5. The van der Waals surface area contributed by atoms with Crippen molar-refractivity contribution in [3.8, 4) is 0 Å². The topological polar surface area (TPSA) is 20.2 Å². The van der Waals surface area contributed by atoms with Crippen molar-refractivity contribution < 1.29 is 5.11 Å². The second-order valence-corrected chi connectivity index (χ2v) is 6.03. The van der Waals surface area contributed by atoms with Gasteiger partial charge < -0.3 is 5.11 Å². The van der Waals surface area contributed by atoms with Crippen molar-refractivity contribution in [3.05, 3.63) is 69.3 Å². The Labute approximate surface area is 122 Å². The molecule has 0 aliphatic heterocycles. The predicted octanol–water partition coefficient (Wildman–Crippen LogP) is 4.50. The first kappa shape index (κ1) is 14.8. The average Bonchev–Trinajstić information content (AvgIpc) is 2.25. The number of hydrogen-bond acceptors (Lipinski definition) is 1. The molecule has 1 unspecified atom stereocenters. The van der Waals surface area contributed by atoms with Crippen LogP contribution in [0.4, 0.5) is 0 Å². The quantitative estimate of drug-likeness (QED) is 0.868. The fraction of sp³-hybridized carbons (Fsp3) is 0.368. The Morgan fingerprint density at radius 1 is 0.750 bits per heavy atom. The van der Waals surface area contributed by atoms with Crippen molar-refractivity contribution in [1.82, 2.24) is 0 Å². The highest BCUT2D eigenvalue weighted by molar-refractivity contribution is 5.40. The van der Waals surface area contributed by atoms with Crippen LogP contribution in [0, 0.1) is 34.6 Å². The summed E-state index contributed by atoms with van der Waals surface area (Å²) < 4.78 is 0. The lowest BCUT2D eigenvalue weighted by molar-refractivity contribution is 0.177. The third-order valence-electron chi connectivity index (χ3n) is 3.78. The molecule has 20 heavy (non-hydrogen) atoms. The Balaban J connectivity index is 2.30. The zero-order valence-electron chi connectivity index (χ0n) is 13.1. The molecule has 0 aromatic heterocycles. The number of aliphatic hydroxyl groups is 1. The normalized spacial score (nSPS) is 12.5. The van der Waals surface area contributed by atoms with E-state index in [9.17, 15) is 5.11 Å². The van der Waals surface area contributed by atoms with Crippen molar-refractivity contribution in [3.63, 3.8) is 0 Å². The molecule has 0 aliphatic rings. The van der Waals surface area contributed by atoms with E-state index in [0.29, 0.717) is 6.42 Å². The Hall–Kier alpha value is -1.60. The van der Waals surface area contributed by atoms with Gasteiger partial charge >= 0.3 is 0 Å². The molecular formula is C19H24O. The van der Waals surface area contributed by atoms with Crippen molar-refractivity contribution in [2.24, 2.45) is 0 Å². The van der Waals surface area contributed by atoms with Crippen molar-refractivity contribution in [1.29, 1.82) is 0 Å². The minimum Gasteiger partial charge on any atom is -0.388 e. The van der Waals surface area contributed by atoms with Gasteiger partial charge in [-0.25, -0.2) is 0 Å². The molecule has 0 radical (unpaired) electrons. The van der Waals surface area contributed by atoms with Crippen LogP contribution in [0.5, 0.6) is 0 Å². The van der Waals surface area contributed by atoms with Gasteiger partial charge in [0.25, 0.3) is 0 Å². The zero-order valence-corrected chi connectivity index (χ0v) is 13.1. The maximum Gasteiger partial charge on any atom is 0.0835 e. The summed E-state index contributed by atoms with van der Waals surface area (Å²) in [6.07, 6.45) is 0.240. The lowest BCUT2D eigenvalue weighted by Crippen LogP contribution is -2.07. The summed E-state index contributed by atoms with van der Waals surface area (Å²) in [5, 5.41) is 10.6. The van der Waals surface area contributed by atoms with Gasteiger partial charge in [-0.3, -0.25) is 0 Å². The highest BCUT2D eigenvalue weighted by Gasteiger charge is 2.14. The molecule has 0 saturated heterocycles. The van der Waals surface area contributed by atoms with E-state index in [1.807, 2.05) is 0 Å². The van der Waals surface area contributed by atoms with Gasteiger partial charge in [-0.2, -0.15) is 0 Å². The summed E-state index contributed by atoms with van der Waals surface area (Å²) in [5.74, 6) is 0. The first-order valence-corrected chi connectivity index (χ1v) is 7.20. The van der Waals surface area contributed by atoms with E-state index in [2.05, 4.69) is 65.0 Å². The summed E-state index contributed by atoms with van der Waals surface area (Å²) >= 11 is 0. The van der Waals surface area contributed by atoms with Gasteiger partial charge in [0.05, 0.1) is 6.10 Å². The van der Waals surface area contributed by atoms with Crippen LogP contribution in [-0.2, 0) is 6.42 Å². The molecule has 2 rings (SSSR count). The van der Waals surface area contributed by atoms with Crippen LogP contribution < -0.4 is 0 Å². The molecule has 0 bridgehead atoms. The first-order valence-electron chi connectivity index (χ1n) is 7.20. The highest BCUT2D eigenvalue weighted by atomic mass is 16.3. The second kappa shape index (κ2) is 5.80. The molecule has 2 aromatic carbocycles. The fourth-order valence-corrected chi connectivity index (χ4v) is 3.23. The lowest BCUT2D eigenvalue weighted by atomic mass is 9.91. The smallest absolute Gasteiger partial charge is 0.0835 e. The average molecular weight is 268 g/mol. The van der Waals surface area contributed by atoms with Gasteiger partial charge in [-0.1, -0.05) is 47.0 Å². The Morgan fingerprint density at radius 3 is 1.70 bits per heavy atom. The van der Waals surface area contributed by atoms with Crippen molar-refractivity contribution >= 4 is 0 Å². The van der Waals surface area contributed by atoms with E-state index in [-0.39, 0.29) is 0 Å². The molecule has 1 heteroatoms. The van der Waals surface area contributed by atoms with Crippen LogP contribution in [0.15, 0.2) is 30.3 Å². The molecule has 1 nitrogen and oxygen atoms in total. The second-order valence-electron chi connectivity index (χ2n) is 6.03. The molecule has 0 fully saturated rings. The van der Waals surface area contributed by atoms with Crippen LogP contribution in [0.3, 0.4) is 0 Å². The molecule has 0 heterocycles. The van der Waals surface area contributed by atoms with Gasteiger partial charge in [-0.05, 0) is 56.9 Å². The van der Waals surface area contributed by atoms with Crippen LogP contribution in [0.25, 0.3) is 0 Å². The van der Waals surface area contributed by atoms with Crippen molar-refractivity contribution in [2.75, 3.05) is 0 Å². The first-order chi connectivity index (χ1) is 9.36. The summed E-state index contributed by atoms with van der Waals surface area (Å²) in [6, 6.07) is 10.8. The molecule has 0 saturated carbocycles. The highest BCUT2D eigenvalue weighted by Crippen LogP contribution is 2.26. The SMILES string of the molecule is Cc1cc(C)cc(CC(O)c2c(C)cc(C)cc2C)c1. The van der Waals surface area contributed by atoms with E-state index in [1.165, 1.54) is 33.4 Å². The lowest BCUT2D eigenvalue weighted by Gasteiger charge is -2.18. The number of hydrogen-bond donors (Lipinski definition) is 1. The molecule has 0 amide bonds. The monoisotopic (exact) mass is 268 g/mol. The van der Waals surface area contributed by atoms with Crippen LogP contribution in [0.2, 0.25) is 0 Å². The number of aliphatic hydroxyl groups excluding tert-OH is 1. The third kappa shape index (κ3) is 3.29. The number of rotatable bonds is 3. The van der Waals surface area contributed by atoms with Gasteiger partial charge in [0, 0.05) is 6.42 Å². The van der Waals surface area contributed by atoms with Gasteiger partial charge in [-0.15, -0.1) is 0 Å². The van der Waals surface area contributed by atoms with Crippen LogP contribution in [-0.4, -0.2) is 5.11 Å². The molecule has 2 aromatic rings. The largest absolute Gasteiger partial charge is 0.388 e. The van der Waals surface area contributed by atoms with Crippen molar-refractivity contribution in [2.45, 2.75) is 47.1 Å². The Bertz CT molecular complexity index is 582. The summed E-state index contributed by atoms with van der Waals surface area (Å²) in [5.41, 5.74) is 8.40. The Kier molecular flexibility index (Phi) is 4.29. The van der Waals surface area contributed by atoms with Gasteiger partial charge in [0.1, 0.15) is 0 Å². The van der Waals surface area contributed by atoms with E-state index in [0.717, 1.165) is 5.56 Å². The van der Waals surface area contributed by atoms with E-state index >= 15 is 0 Å². The maximum absolute atomic E-state index is 10.6. The van der Waals surface area contributed by atoms with E-state index in [1.54, 1.807) is 0 Å². The maximum atomic E-state index is 10.6. The number of benzene rings is 2. The minimum atomic E-state index is -0.434. The Morgan fingerprint density at radius 2 is 1.20 bits per heavy atom. The molecular weight excluding hydrogens is 244 g/mol. The fourth-order valence-electron chi connectivity index (χ4n) is 3.23. The molecule has 1 N–H and O–H groups in total. The molecule has 106 valence electrons. The minimum absolute atomic E-state index is 0.434. The molecule has 1 atom stereocenters. The van der Waals surface area contributed by atoms with Crippen LogP contribution >= 0.6 is 0 Å². The predicted molar refractivity (Wildman–Crippen MR) is 85.2 cm³/mol.